The van der Waals surface area contributed by atoms with Crippen molar-refractivity contribution in [3.8, 4) is 0 Å². The van der Waals surface area contributed by atoms with Crippen molar-refractivity contribution in [3.63, 3.8) is 0 Å². The molecule has 102 valence electrons. The summed E-state index contributed by atoms with van der Waals surface area (Å²) in [7, 11) is 0. The Kier molecular flexibility index (Phi) is 5.02. The standard InChI is InChI=1S/C17H17NOS/c1-13(18-19)17(15-6-4-3-5-7-15)12-14-8-10-16(20-2)11-9-14/h3-12,19H,1-2H3/b17-12-,18-13+. The van der Waals surface area contributed by atoms with Crippen molar-refractivity contribution in [2.45, 2.75) is 11.8 Å². The summed E-state index contributed by atoms with van der Waals surface area (Å²) in [6.07, 6.45) is 4.09. The number of allylic oxidation sites excluding steroid dienone is 1. The molecule has 20 heavy (non-hydrogen) atoms. The highest BCUT2D eigenvalue weighted by molar-refractivity contribution is 7.98. The van der Waals surface area contributed by atoms with E-state index >= 15 is 0 Å². The Hall–Kier alpha value is -2.00. The predicted molar refractivity (Wildman–Crippen MR) is 87.4 cm³/mol. The van der Waals surface area contributed by atoms with E-state index in [2.05, 4.69) is 35.7 Å². The van der Waals surface area contributed by atoms with Crippen molar-refractivity contribution in [1.29, 1.82) is 0 Å². The third kappa shape index (κ3) is 3.52. The fourth-order valence-electron chi connectivity index (χ4n) is 1.94. The van der Waals surface area contributed by atoms with Crippen LogP contribution in [0.2, 0.25) is 0 Å². The lowest BCUT2D eigenvalue weighted by molar-refractivity contribution is 0.319. The molecule has 0 unspecified atom stereocenters. The van der Waals surface area contributed by atoms with Gasteiger partial charge in [-0.1, -0.05) is 47.6 Å². The van der Waals surface area contributed by atoms with Crippen molar-refractivity contribution in [2.75, 3.05) is 6.26 Å². The lowest BCUT2D eigenvalue weighted by atomic mass is 9.99. The SMILES string of the molecule is CSc1ccc(/C=C(/C(C)=N/O)c2ccccc2)cc1. The highest BCUT2D eigenvalue weighted by Gasteiger charge is 2.06. The molecule has 0 bridgehead atoms. The monoisotopic (exact) mass is 283 g/mol. The lowest BCUT2D eigenvalue weighted by Gasteiger charge is -2.07. The predicted octanol–water partition coefficient (Wildman–Crippen LogP) is 4.80. The van der Waals surface area contributed by atoms with E-state index in [1.807, 2.05) is 36.4 Å². The van der Waals surface area contributed by atoms with Gasteiger partial charge in [0.25, 0.3) is 0 Å². The number of hydrogen-bond acceptors (Lipinski definition) is 3. The first kappa shape index (κ1) is 14.4. The molecule has 3 heteroatoms. The summed E-state index contributed by atoms with van der Waals surface area (Å²) in [6.45, 7) is 1.80. The lowest BCUT2D eigenvalue weighted by Crippen LogP contribution is -1.97. The number of thioether (sulfide) groups is 1. The molecule has 0 heterocycles. The molecule has 0 aliphatic rings. The van der Waals surface area contributed by atoms with Crippen LogP contribution < -0.4 is 0 Å². The topological polar surface area (TPSA) is 32.6 Å². The molecular formula is C17H17NOS. The Bertz CT molecular complexity index is 615. The van der Waals surface area contributed by atoms with Crippen LogP contribution in [0, 0.1) is 0 Å². The van der Waals surface area contributed by atoms with Gasteiger partial charge in [0.05, 0.1) is 5.71 Å². The van der Waals surface area contributed by atoms with Gasteiger partial charge in [0, 0.05) is 10.5 Å². The van der Waals surface area contributed by atoms with Gasteiger partial charge in [-0.25, -0.2) is 0 Å². The summed E-state index contributed by atoms with van der Waals surface area (Å²) in [5, 5.41) is 12.4. The van der Waals surface area contributed by atoms with Crippen LogP contribution in [0.25, 0.3) is 11.6 Å². The van der Waals surface area contributed by atoms with Crippen LogP contribution >= 0.6 is 11.8 Å². The molecule has 0 spiro atoms. The van der Waals surface area contributed by atoms with Gasteiger partial charge in [0.15, 0.2) is 0 Å². The highest BCUT2D eigenvalue weighted by Crippen LogP contribution is 2.22. The summed E-state index contributed by atoms with van der Waals surface area (Å²) < 4.78 is 0. The maximum Gasteiger partial charge on any atom is 0.0843 e. The Labute approximate surface area is 123 Å². The first-order valence-electron chi connectivity index (χ1n) is 6.35. The van der Waals surface area contributed by atoms with Crippen molar-refractivity contribution >= 4 is 29.1 Å². The molecule has 0 radical (unpaired) electrons. The van der Waals surface area contributed by atoms with Crippen LogP contribution in [-0.4, -0.2) is 17.2 Å². The average Bonchev–Trinajstić information content (AvgIpc) is 2.53. The normalized spacial score (nSPS) is 12.5. The maximum absolute atomic E-state index is 9.07. The zero-order chi connectivity index (χ0) is 14.4. The van der Waals surface area contributed by atoms with Gasteiger partial charge >= 0.3 is 0 Å². The molecule has 0 saturated carbocycles. The van der Waals surface area contributed by atoms with Crippen molar-refractivity contribution in [2.24, 2.45) is 5.16 Å². The summed E-state index contributed by atoms with van der Waals surface area (Å²) in [5.41, 5.74) is 3.65. The molecule has 0 aliphatic heterocycles. The number of rotatable bonds is 4. The van der Waals surface area contributed by atoms with Crippen molar-refractivity contribution in [1.82, 2.24) is 0 Å². The molecule has 0 fully saturated rings. The molecule has 0 atom stereocenters. The van der Waals surface area contributed by atoms with Crippen LogP contribution in [0.5, 0.6) is 0 Å². The second-order valence-electron chi connectivity index (χ2n) is 4.38. The molecule has 0 aliphatic carbocycles. The molecule has 0 saturated heterocycles. The van der Waals surface area contributed by atoms with Gasteiger partial charge in [0.2, 0.25) is 0 Å². The van der Waals surface area contributed by atoms with Crippen LogP contribution in [0.1, 0.15) is 18.1 Å². The summed E-state index contributed by atoms with van der Waals surface area (Å²) >= 11 is 1.72. The Morgan fingerprint density at radius 1 is 1.05 bits per heavy atom. The summed E-state index contributed by atoms with van der Waals surface area (Å²) in [5.74, 6) is 0. The first-order valence-corrected chi connectivity index (χ1v) is 7.57. The molecule has 0 amide bonds. The van der Waals surface area contributed by atoms with Crippen molar-refractivity contribution in [3.05, 3.63) is 65.7 Å². The van der Waals surface area contributed by atoms with Gasteiger partial charge in [-0.05, 0) is 42.5 Å². The largest absolute Gasteiger partial charge is 0.411 e. The molecular weight excluding hydrogens is 266 g/mol. The van der Waals surface area contributed by atoms with Gasteiger partial charge in [-0.3, -0.25) is 0 Å². The van der Waals surface area contributed by atoms with E-state index in [1.54, 1.807) is 18.7 Å². The Morgan fingerprint density at radius 2 is 1.70 bits per heavy atom. The van der Waals surface area contributed by atoms with Gasteiger partial charge in [0.1, 0.15) is 0 Å². The van der Waals surface area contributed by atoms with E-state index in [0.717, 1.165) is 16.7 Å². The second-order valence-corrected chi connectivity index (χ2v) is 5.26. The van der Waals surface area contributed by atoms with E-state index in [9.17, 15) is 0 Å². The third-order valence-corrected chi connectivity index (χ3v) is 3.79. The van der Waals surface area contributed by atoms with Gasteiger partial charge in [-0.2, -0.15) is 0 Å². The maximum atomic E-state index is 9.07. The van der Waals surface area contributed by atoms with Crippen LogP contribution in [0.15, 0.2) is 64.6 Å². The van der Waals surface area contributed by atoms with Crippen LogP contribution in [0.4, 0.5) is 0 Å². The molecule has 0 aromatic heterocycles. The minimum absolute atomic E-state index is 0.602. The van der Waals surface area contributed by atoms with Gasteiger partial charge in [-0.15, -0.1) is 11.8 Å². The molecule has 2 aromatic rings. The van der Waals surface area contributed by atoms with E-state index in [0.29, 0.717) is 5.71 Å². The van der Waals surface area contributed by atoms with E-state index in [-0.39, 0.29) is 0 Å². The van der Waals surface area contributed by atoms with E-state index < -0.39 is 0 Å². The number of hydrogen-bond donors (Lipinski definition) is 1. The summed E-state index contributed by atoms with van der Waals surface area (Å²) in [4.78, 5) is 1.23. The van der Waals surface area contributed by atoms with Crippen molar-refractivity contribution < 1.29 is 5.21 Å². The zero-order valence-electron chi connectivity index (χ0n) is 11.6. The Balaban J connectivity index is 2.43. The fourth-order valence-corrected chi connectivity index (χ4v) is 2.34. The highest BCUT2D eigenvalue weighted by atomic mass is 32.2. The van der Waals surface area contributed by atoms with E-state index in [4.69, 9.17) is 5.21 Å². The molecule has 2 rings (SSSR count). The number of oxime groups is 1. The Morgan fingerprint density at radius 3 is 2.25 bits per heavy atom. The number of nitrogens with zero attached hydrogens (tertiary/aromatic N) is 1. The molecule has 2 nitrogen and oxygen atoms in total. The number of benzene rings is 2. The fraction of sp³-hybridized carbons (Fsp3) is 0.118. The zero-order valence-corrected chi connectivity index (χ0v) is 12.4. The van der Waals surface area contributed by atoms with Gasteiger partial charge < -0.3 is 5.21 Å². The van der Waals surface area contributed by atoms with Crippen LogP contribution in [-0.2, 0) is 0 Å². The second kappa shape index (κ2) is 6.96. The quantitative estimate of drug-likeness (QED) is 0.287. The third-order valence-electron chi connectivity index (χ3n) is 3.05. The minimum atomic E-state index is 0.602. The van der Waals surface area contributed by atoms with E-state index in [1.165, 1.54) is 4.90 Å². The smallest absolute Gasteiger partial charge is 0.0843 e. The summed E-state index contributed by atoms with van der Waals surface area (Å²) in [6, 6.07) is 18.3. The average molecular weight is 283 g/mol. The van der Waals surface area contributed by atoms with Crippen LogP contribution in [0.3, 0.4) is 0 Å². The minimum Gasteiger partial charge on any atom is -0.411 e. The molecule has 2 aromatic carbocycles. The molecule has 1 N–H and O–H groups in total. The first-order chi connectivity index (χ1) is 9.74.